The summed E-state index contributed by atoms with van der Waals surface area (Å²) in [6.07, 6.45) is 1.40. The summed E-state index contributed by atoms with van der Waals surface area (Å²) in [6.45, 7) is 0.0145. The third-order valence-corrected chi connectivity index (χ3v) is 3.49. The fraction of sp³-hybridized carbons (Fsp3) is 0.333. The van der Waals surface area contributed by atoms with Gasteiger partial charge in [-0.2, -0.15) is 0 Å². The van der Waals surface area contributed by atoms with E-state index in [9.17, 15) is 13.2 Å². The highest BCUT2D eigenvalue weighted by Gasteiger charge is 2.10. The summed E-state index contributed by atoms with van der Waals surface area (Å²) in [7, 11) is -2.00. The molecule has 100 valence electrons. The quantitative estimate of drug-likeness (QED) is 0.375. The van der Waals surface area contributed by atoms with Crippen molar-refractivity contribution in [3.63, 3.8) is 0 Å². The van der Waals surface area contributed by atoms with E-state index in [1.165, 1.54) is 19.3 Å². The van der Waals surface area contributed by atoms with Crippen LogP contribution >= 0.6 is 0 Å². The number of anilines is 1. The number of amides is 1. The summed E-state index contributed by atoms with van der Waals surface area (Å²) in [5.41, 5.74) is 3.15. The van der Waals surface area contributed by atoms with Crippen LogP contribution in [-0.2, 0) is 10.0 Å². The highest BCUT2D eigenvalue weighted by atomic mass is 32.2. The second kappa shape index (κ2) is 6.28. The van der Waals surface area contributed by atoms with Crippen molar-refractivity contribution in [1.29, 1.82) is 0 Å². The Balaban J connectivity index is 2.50. The normalized spacial score (nSPS) is 11.0. The van der Waals surface area contributed by atoms with Crippen LogP contribution in [0.5, 0.6) is 0 Å². The number of nitrogen functional groups attached to an aromatic ring is 1. The van der Waals surface area contributed by atoms with Crippen molar-refractivity contribution < 1.29 is 13.2 Å². The molecule has 1 aromatic heterocycles. The molecule has 0 aromatic carbocycles. The van der Waals surface area contributed by atoms with Gasteiger partial charge < -0.3 is 10.7 Å². The molecule has 0 radical (unpaired) electrons. The summed E-state index contributed by atoms with van der Waals surface area (Å²) in [5.74, 6) is 4.53. The summed E-state index contributed by atoms with van der Waals surface area (Å²) < 4.78 is 24.4. The highest BCUT2D eigenvalue weighted by Crippen LogP contribution is 2.03. The Labute approximate surface area is 105 Å². The maximum Gasteiger partial charge on any atom is 0.269 e. The fourth-order valence-electron chi connectivity index (χ4n) is 1.11. The number of aromatic nitrogens is 1. The number of pyridine rings is 1. The van der Waals surface area contributed by atoms with Gasteiger partial charge in [-0.15, -0.1) is 0 Å². The SMILES string of the molecule is CNS(=O)(=O)CCNC(=O)c1ccc(NN)cn1. The molecule has 0 aliphatic carbocycles. The lowest BCUT2D eigenvalue weighted by molar-refractivity contribution is 0.0951. The van der Waals surface area contributed by atoms with E-state index in [1.807, 2.05) is 0 Å². The monoisotopic (exact) mass is 273 g/mol. The largest absolute Gasteiger partial charge is 0.350 e. The van der Waals surface area contributed by atoms with Gasteiger partial charge in [0.05, 0.1) is 17.6 Å². The molecule has 1 rings (SSSR count). The zero-order valence-electron chi connectivity index (χ0n) is 9.80. The van der Waals surface area contributed by atoms with Crippen LogP contribution in [0.25, 0.3) is 0 Å². The van der Waals surface area contributed by atoms with Crippen LogP contribution in [-0.4, -0.2) is 38.7 Å². The minimum absolute atomic E-state index is 0.0145. The minimum Gasteiger partial charge on any atom is -0.350 e. The Bertz CT molecular complexity index is 499. The number of carbonyl (C=O) groups excluding carboxylic acids is 1. The number of hydrogen-bond donors (Lipinski definition) is 4. The number of hydrazine groups is 1. The fourth-order valence-corrected chi connectivity index (χ4v) is 1.68. The van der Waals surface area contributed by atoms with E-state index in [-0.39, 0.29) is 18.0 Å². The van der Waals surface area contributed by atoms with Crippen LogP contribution < -0.4 is 21.3 Å². The Kier molecular flexibility index (Phi) is 5.01. The van der Waals surface area contributed by atoms with Gasteiger partial charge >= 0.3 is 0 Å². The van der Waals surface area contributed by atoms with Crippen LogP contribution in [0, 0.1) is 0 Å². The zero-order chi connectivity index (χ0) is 13.6. The van der Waals surface area contributed by atoms with Crippen LogP contribution in [0.15, 0.2) is 18.3 Å². The van der Waals surface area contributed by atoms with Gasteiger partial charge in [-0.25, -0.2) is 18.1 Å². The van der Waals surface area contributed by atoms with Crippen molar-refractivity contribution in [3.8, 4) is 0 Å². The Morgan fingerprint density at radius 2 is 2.17 bits per heavy atom. The second-order valence-electron chi connectivity index (χ2n) is 3.36. The van der Waals surface area contributed by atoms with E-state index >= 15 is 0 Å². The van der Waals surface area contributed by atoms with Crippen LogP contribution in [0.2, 0.25) is 0 Å². The van der Waals surface area contributed by atoms with Gasteiger partial charge in [0, 0.05) is 6.54 Å². The number of carbonyl (C=O) groups is 1. The van der Waals surface area contributed by atoms with Crippen molar-refractivity contribution in [1.82, 2.24) is 15.0 Å². The molecule has 0 bridgehead atoms. The van der Waals surface area contributed by atoms with Crippen molar-refractivity contribution in [3.05, 3.63) is 24.0 Å². The minimum atomic E-state index is -3.32. The first-order valence-corrected chi connectivity index (χ1v) is 6.76. The number of nitrogens with zero attached hydrogens (tertiary/aromatic N) is 1. The zero-order valence-corrected chi connectivity index (χ0v) is 10.6. The molecular formula is C9H15N5O3S. The molecule has 1 aromatic rings. The lowest BCUT2D eigenvalue weighted by atomic mass is 10.3. The van der Waals surface area contributed by atoms with E-state index in [1.54, 1.807) is 6.07 Å². The van der Waals surface area contributed by atoms with Gasteiger partial charge in [-0.1, -0.05) is 0 Å². The van der Waals surface area contributed by atoms with E-state index in [4.69, 9.17) is 5.84 Å². The third kappa shape index (κ3) is 4.28. The molecule has 0 unspecified atom stereocenters. The van der Waals surface area contributed by atoms with E-state index < -0.39 is 15.9 Å². The summed E-state index contributed by atoms with van der Waals surface area (Å²) in [6, 6.07) is 3.07. The predicted molar refractivity (Wildman–Crippen MR) is 67.2 cm³/mol. The van der Waals surface area contributed by atoms with Gasteiger partial charge in [0.1, 0.15) is 5.69 Å². The Morgan fingerprint density at radius 1 is 1.44 bits per heavy atom. The van der Waals surface area contributed by atoms with Gasteiger partial charge in [0.25, 0.3) is 5.91 Å². The van der Waals surface area contributed by atoms with Crippen molar-refractivity contribution >= 4 is 21.6 Å². The number of sulfonamides is 1. The van der Waals surface area contributed by atoms with Crippen molar-refractivity contribution in [2.75, 3.05) is 24.8 Å². The average molecular weight is 273 g/mol. The predicted octanol–water partition coefficient (Wildman–Crippen LogP) is -1.35. The summed E-state index contributed by atoms with van der Waals surface area (Å²) in [5, 5.41) is 2.45. The van der Waals surface area contributed by atoms with E-state index in [0.29, 0.717) is 5.69 Å². The van der Waals surface area contributed by atoms with Crippen molar-refractivity contribution in [2.24, 2.45) is 5.84 Å². The maximum absolute atomic E-state index is 11.6. The lowest BCUT2D eigenvalue weighted by Gasteiger charge is -2.05. The van der Waals surface area contributed by atoms with Gasteiger partial charge in [0.2, 0.25) is 10.0 Å². The van der Waals surface area contributed by atoms with Gasteiger partial charge in [0.15, 0.2) is 0 Å². The topological polar surface area (TPSA) is 126 Å². The molecule has 5 N–H and O–H groups in total. The number of rotatable bonds is 6. The first-order valence-electron chi connectivity index (χ1n) is 5.10. The molecule has 0 atom stereocenters. The highest BCUT2D eigenvalue weighted by molar-refractivity contribution is 7.89. The van der Waals surface area contributed by atoms with Crippen LogP contribution in [0.1, 0.15) is 10.5 Å². The van der Waals surface area contributed by atoms with Crippen LogP contribution in [0.3, 0.4) is 0 Å². The third-order valence-electron chi connectivity index (χ3n) is 2.13. The lowest BCUT2D eigenvalue weighted by Crippen LogP contribution is -2.33. The smallest absolute Gasteiger partial charge is 0.269 e. The first-order chi connectivity index (χ1) is 8.48. The standard InChI is InChI=1S/C9H15N5O3S/c1-11-18(16,17)5-4-12-9(15)8-3-2-7(14-10)6-13-8/h2-3,6,11,14H,4-5,10H2,1H3,(H,12,15). The van der Waals surface area contributed by atoms with Crippen molar-refractivity contribution in [2.45, 2.75) is 0 Å². The molecule has 18 heavy (non-hydrogen) atoms. The second-order valence-corrected chi connectivity index (χ2v) is 5.40. The molecule has 0 fully saturated rings. The molecule has 8 nitrogen and oxygen atoms in total. The molecule has 0 saturated carbocycles. The van der Waals surface area contributed by atoms with E-state index in [0.717, 1.165) is 0 Å². The first kappa shape index (κ1) is 14.4. The number of nitrogens with two attached hydrogens (primary N) is 1. The number of hydrogen-bond acceptors (Lipinski definition) is 6. The van der Waals surface area contributed by atoms with E-state index in [2.05, 4.69) is 20.4 Å². The molecule has 0 aliphatic rings. The summed E-state index contributed by atoms with van der Waals surface area (Å²) in [4.78, 5) is 15.4. The number of nitrogens with one attached hydrogen (secondary N) is 3. The Hall–Kier alpha value is -1.71. The molecule has 1 heterocycles. The van der Waals surface area contributed by atoms with Gasteiger partial charge in [-0.05, 0) is 19.2 Å². The molecular weight excluding hydrogens is 258 g/mol. The molecule has 0 aliphatic heterocycles. The molecule has 0 saturated heterocycles. The van der Waals surface area contributed by atoms with Crippen LogP contribution in [0.4, 0.5) is 5.69 Å². The average Bonchev–Trinajstić information content (AvgIpc) is 2.38. The summed E-state index contributed by atoms with van der Waals surface area (Å²) >= 11 is 0. The molecule has 9 heteroatoms. The van der Waals surface area contributed by atoms with Gasteiger partial charge in [-0.3, -0.25) is 10.6 Å². The molecule has 0 spiro atoms. The Morgan fingerprint density at radius 3 is 2.67 bits per heavy atom. The molecule has 1 amide bonds. The maximum atomic E-state index is 11.6.